The first kappa shape index (κ1) is 16.0. The van der Waals surface area contributed by atoms with Crippen LogP contribution in [-0.2, 0) is 6.18 Å². The van der Waals surface area contributed by atoms with Crippen LogP contribution in [0.4, 0.5) is 18.9 Å². The lowest BCUT2D eigenvalue weighted by molar-refractivity contribution is -0.137. The van der Waals surface area contributed by atoms with Crippen molar-refractivity contribution in [2.24, 2.45) is 5.73 Å². The highest BCUT2D eigenvalue weighted by Crippen LogP contribution is 2.35. The minimum absolute atomic E-state index is 0.0244. The molecule has 21 heavy (non-hydrogen) atoms. The second-order valence-electron chi connectivity index (χ2n) is 5.12. The number of alkyl halides is 3. The van der Waals surface area contributed by atoms with Crippen molar-refractivity contribution in [2.45, 2.75) is 31.5 Å². The zero-order valence-corrected chi connectivity index (χ0v) is 12.2. The van der Waals surface area contributed by atoms with Gasteiger partial charge in [0.1, 0.15) is 4.99 Å². The Morgan fingerprint density at radius 3 is 2.67 bits per heavy atom. The van der Waals surface area contributed by atoms with Gasteiger partial charge < -0.3 is 15.7 Å². The zero-order valence-electron chi connectivity index (χ0n) is 11.4. The molecule has 1 unspecified atom stereocenters. The molecule has 2 rings (SSSR count). The summed E-state index contributed by atoms with van der Waals surface area (Å²) in [5.74, 6) is 0. The Labute approximate surface area is 126 Å². The molecule has 0 spiro atoms. The van der Waals surface area contributed by atoms with Crippen LogP contribution in [0.2, 0.25) is 0 Å². The Bertz CT molecular complexity index is 533. The number of hydrogen-bond acceptors (Lipinski definition) is 3. The van der Waals surface area contributed by atoms with Gasteiger partial charge in [-0.05, 0) is 37.5 Å². The van der Waals surface area contributed by atoms with Crippen molar-refractivity contribution >= 4 is 22.9 Å². The van der Waals surface area contributed by atoms with Crippen LogP contribution in [-0.4, -0.2) is 29.3 Å². The summed E-state index contributed by atoms with van der Waals surface area (Å²) in [5, 5.41) is 9.41. The van der Waals surface area contributed by atoms with Crippen molar-refractivity contribution in [3.8, 4) is 0 Å². The molecule has 1 aliphatic heterocycles. The quantitative estimate of drug-likeness (QED) is 0.841. The first-order valence-corrected chi connectivity index (χ1v) is 7.14. The summed E-state index contributed by atoms with van der Waals surface area (Å²) in [6.45, 7) is 0.677. The van der Waals surface area contributed by atoms with Gasteiger partial charge in [0.15, 0.2) is 0 Å². The second kappa shape index (κ2) is 6.19. The number of aliphatic hydroxyl groups is 1. The lowest BCUT2D eigenvalue weighted by Crippen LogP contribution is -2.42. The van der Waals surface area contributed by atoms with Gasteiger partial charge in [0.05, 0.1) is 18.2 Å². The fourth-order valence-corrected chi connectivity index (χ4v) is 2.86. The van der Waals surface area contributed by atoms with Gasteiger partial charge in [-0.3, -0.25) is 0 Å². The highest BCUT2D eigenvalue weighted by molar-refractivity contribution is 7.80. The van der Waals surface area contributed by atoms with E-state index in [0.717, 1.165) is 25.3 Å². The van der Waals surface area contributed by atoms with E-state index in [2.05, 4.69) is 0 Å². The third-order valence-corrected chi connectivity index (χ3v) is 3.96. The highest BCUT2D eigenvalue weighted by Gasteiger charge is 2.34. The molecule has 3 N–H and O–H groups in total. The average molecular weight is 318 g/mol. The molecule has 1 fully saturated rings. The number of rotatable bonds is 3. The largest absolute Gasteiger partial charge is 0.417 e. The fourth-order valence-electron chi connectivity index (χ4n) is 2.69. The minimum atomic E-state index is -4.49. The molecule has 1 saturated heterocycles. The van der Waals surface area contributed by atoms with Crippen molar-refractivity contribution in [1.82, 2.24) is 0 Å². The van der Waals surface area contributed by atoms with Gasteiger partial charge in [-0.2, -0.15) is 13.2 Å². The van der Waals surface area contributed by atoms with E-state index in [9.17, 15) is 18.3 Å². The summed E-state index contributed by atoms with van der Waals surface area (Å²) in [4.78, 5) is 1.65. The maximum Gasteiger partial charge on any atom is 0.417 e. The molecule has 1 aromatic carbocycles. The molecule has 0 radical (unpaired) electrons. The Balaban J connectivity index is 2.42. The number of hydrogen-bond donors (Lipinski definition) is 2. The Kier molecular flexibility index (Phi) is 4.73. The number of anilines is 1. The van der Waals surface area contributed by atoms with Crippen LogP contribution in [0.25, 0.3) is 0 Å². The maximum absolute atomic E-state index is 13.0. The van der Waals surface area contributed by atoms with Crippen molar-refractivity contribution < 1.29 is 18.3 Å². The van der Waals surface area contributed by atoms with Crippen LogP contribution in [0.3, 0.4) is 0 Å². The predicted octanol–water partition coefficient (Wildman–Crippen LogP) is 2.69. The average Bonchev–Trinajstić information content (AvgIpc) is 2.45. The topological polar surface area (TPSA) is 49.5 Å². The van der Waals surface area contributed by atoms with Crippen LogP contribution in [0.1, 0.15) is 30.4 Å². The monoisotopic (exact) mass is 318 g/mol. The Morgan fingerprint density at radius 1 is 1.38 bits per heavy atom. The smallest absolute Gasteiger partial charge is 0.394 e. The number of benzene rings is 1. The molecule has 1 heterocycles. The molecule has 1 aromatic rings. The Morgan fingerprint density at radius 2 is 2.10 bits per heavy atom. The second-order valence-corrected chi connectivity index (χ2v) is 5.56. The number of piperidine rings is 1. The summed E-state index contributed by atoms with van der Waals surface area (Å²) in [7, 11) is 0. The number of thiocarbonyl (C=S) groups is 1. The molecule has 0 aliphatic carbocycles. The van der Waals surface area contributed by atoms with E-state index in [1.807, 2.05) is 4.90 Å². The van der Waals surface area contributed by atoms with E-state index in [0.29, 0.717) is 12.2 Å². The molecule has 1 aliphatic rings. The maximum atomic E-state index is 13.0. The molecule has 0 saturated carbocycles. The van der Waals surface area contributed by atoms with E-state index in [1.165, 1.54) is 12.1 Å². The van der Waals surface area contributed by atoms with Gasteiger partial charge in [-0.25, -0.2) is 0 Å². The van der Waals surface area contributed by atoms with E-state index < -0.39 is 11.7 Å². The minimum Gasteiger partial charge on any atom is -0.394 e. The lowest BCUT2D eigenvalue weighted by Gasteiger charge is -2.37. The molecule has 7 heteroatoms. The fraction of sp³-hybridized carbons (Fsp3) is 0.500. The third kappa shape index (κ3) is 3.47. The molecule has 0 amide bonds. The molecule has 0 aromatic heterocycles. The zero-order chi connectivity index (χ0) is 15.6. The number of nitrogens with two attached hydrogens (primary N) is 1. The summed E-state index contributed by atoms with van der Waals surface area (Å²) in [5.41, 5.74) is 5.06. The van der Waals surface area contributed by atoms with Crippen molar-refractivity contribution in [1.29, 1.82) is 0 Å². The normalized spacial score (nSPS) is 19.6. The van der Waals surface area contributed by atoms with Crippen LogP contribution in [0.5, 0.6) is 0 Å². The van der Waals surface area contributed by atoms with E-state index in [4.69, 9.17) is 18.0 Å². The standard InChI is InChI=1S/C14H17F3N2OS/c15-14(16,17)12-5-4-9(7-11(12)13(18)21)19-6-2-1-3-10(19)8-20/h4-5,7,10,20H,1-3,6,8H2,(H2,18,21). The van der Waals surface area contributed by atoms with Gasteiger partial charge in [-0.1, -0.05) is 12.2 Å². The molecule has 116 valence electrons. The van der Waals surface area contributed by atoms with Gasteiger partial charge in [0, 0.05) is 17.8 Å². The molecular formula is C14H17F3N2OS. The van der Waals surface area contributed by atoms with Gasteiger partial charge in [-0.15, -0.1) is 0 Å². The van der Waals surface area contributed by atoms with Gasteiger partial charge in [0.2, 0.25) is 0 Å². The summed E-state index contributed by atoms with van der Waals surface area (Å²) < 4.78 is 38.9. The van der Waals surface area contributed by atoms with Gasteiger partial charge in [0.25, 0.3) is 0 Å². The Hall–Kier alpha value is -1.34. The molecular weight excluding hydrogens is 301 g/mol. The summed E-state index contributed by atoms with van der Waals surface area (Å²) >= 11 is 4.75. The van der Waals surface area contributed by atoms with Crippen LogP contribution in [0, 0.1) is 0 Å². The van der Waals surface area contributed by atoms with Crippen LogP contribution in [0.15, 0.2) is 18.2 Å². The van der Waals surface area contributed by atoms with Crippen molar-refractivity contribution in [2.75, 3.05) is 18.1 Å². The van der Waals surface area contributed by atoms with E-state index in [-0.39, 0.29) is 23.2 Å². The highest BCUT2D eigenvalue weighted by atomic mass is 32.1. The number of halogens is 3. The van der Waals surface area contributed by atoms with Crippen molar-refractivity contribution in [3.63, 3.8) is 0 Å². The van der Waals surface area contributed by atoms with Crippen molar-refractivity contribution in [3.05, 3.63) is 29.3 Å². The van der Waals surface area contributed by atoms with Gasteiger partial charge >= 0.3 is 6.18 Å². The summed E-state index contributed by atoms with van der Waals surface area (Å²) in [6, 6.07) is 3.72. The third-order valence-electron chi connectivity index (χ3n) is 3.74. The van der Waals surface area contributed by atoms with Crippen LogP contribution < -0.4 is 10.6 Å². The number of nitrogens with zero attached hydrogens (tertiary/aromatic N) is 1. The van der Waals surface area contributed by atoms with E-state index >= 15 is 0 Å². The lowest BCUT2D eigenvalue weighted by atomic mass is 9.99. The summed E-state index contributed by atoms with van der Waals surface area (Å²) in [6.07, 6.45) is -1.72. The predicted molar refractivity (Wildman–Crippen MR) is 79.4 cm³/mol. The number of aliphatic hydroxyl groups excluding tert-OH is 1. The molecule has 3 nitrogen and oxygen atoms in total. The first-order valence-electron chi connectivity index (χ1n) is 6.73. The van der Waals surface area contributed by atoms with E-state index in [1.54, 1.807) is 0 Å². The SMILES string of the molecule is NC(=S)c1cc(N2CCCCC2CO)ccc1C(F)(F)F. The van der Waals surface area contributed by atoms with Crippen LogP contribution >= 0.6 is 12.2 Å². The molecule has 0 bridgehead atoms. The first-order chi connectivity index (χ1) is 9.84. The molecule has 1 atom stereocenters.